The summed E-state index contributed by atoms with van der Waals surface area (Å²) in [5.41, 5.74) is 4.04. The van der Waals surface area contributed by atoms with Crippen molar-refractivity contribution in [2.24, 2.45) is 10.2 Å². The number of hydrazone groups is 1. The van der Waals surface area contributed by atoms with E-state index >= 15 is 0 Å². The van der Waals surface area contributed by atoms with E-state index in [0.29, 0.717) is 60.1 Å². The van der Waals surface area contributed by atoms with Gasteiger partial charge in [-0.2, -0.15) is 10.1 Å². The van der Waals surface area contributed by atoms with Crippen LogP contribution in [0.5, 0.6) is 11.5 Å². The summed E-state index contributed by atoms with van der Waals surface area (Å²) >= 11 is 0. The lowest BCUT2D eigenvalue weighted by atomic mass is 10.0. The summed E-state index contributed by atoms with van der Waals surface area (Å²) in [6, 6.07) is 18.5. The molecule has 0 atom stereocenters. The Morgan fingerprint density at radius 3 is 2.32 bits per heavy atom. The summed E-state index contributed by atoms with van der Waals surface area (Å²) in [7, 11) is -0.693. The predicted octanol–water partition coefficient (Wildman–Crippen LogP) is 2.77. The molecule has 2 aliphatic heterocycles. The second kappa shape index (κ2) is 11.4. The molecule has 2 amide bonds. The van der Waals surface area contributed by atoms with Crippen LogP contribution in [0.15, 0.2) is 88.5 Å². The summed E-state index contributed by atoms with van der Waals surface area (Å²) in [6.45, 7) is 1.56. The Hall–Kier alpha value is -4.68. The van der Waals surface area contributed by atoms with Crippen molar-refractivity contribution in [1.29, 1.82) is 0 Å². The molecule has 3 aromatic rings. The minimum atomic E-state index is -3.83. The lowest BCUT2D eigenvalue weighted by Gasteiger charge is -2.25. The first kappa shape index (κ1) is 27.9. The highest BCUT2D eigenvalue weighted by Crippen LogP contribution is 2.29. The van der Waals surface area contributed by atoms with Crippen LogP contribution in [0, 0.1) is 0 Å². The first-order valence-corrected chi connectivity index (χ1v) is 14.3. The molecule has 2 aliphatic rings. The van der Waals surface area contributed by atoms with E-state index in [2.05, 4.69) is 10.4 Å². The maximum absolute atomic E-state index is 13.1. The summed E-state index contributed by atoms with van der Waals surface area (Å²) in [4.78, 5) is 27.8. The number of ether oxygens (including phenoxy) is 2. The molecule has 212 valence electrons. The lowest BCUT2D eigenvalue weighted by Crippen LogP contribution is -2.29. The van der Waals surface area contributed by atoms with E-state index in [1.165, 1.54) is 29.3 Å². The predicted molar refractivity (Wildman–Crippen MR) is 153 cm³/mol. The summed E-state index contributed by atoms with van der Waals surface area (Å²) in [5.74, 6) is 0.744. The fourth-order valence-electron chi connectivity index (χ4n) is 4.62. The van der Waals surface area contributed by atoms with Crippen molar-refractivity contribution in [3.63, 3.8) is 0 Å². The monoisotopic (exact) mass is 575 g/mol. The van der Waals surface area contributed by atoms with Crippen molar-refractivity contribution in [2.45, 2.75) is 24.4 Å². The van der Waals surface area contributed by atoms with Crippen molar-refractivity contribution < 1.29 is 27.5 Å². The van der Waals surface area contributed by atoms with Gasteiger partial charge in [0.15, 0.2) is 11.5 Å². The first-order valence-electron chi connectivity index (χ1n) is 12.8. The van der Waals surface area contributed by atoms with Crippen LogP contribution in [0.2, 0.25) is 0 Å². The third kappa shape index (κ3) is 6.08. The molecule has 0 aliphatic carbocycles. The van der Waals surface area contributed by atoms with Gasteiger partial charge in [0, 0.05) is 37.8 Å². The third-order valence-corrected chi connectivity index (χ3v) is 7.74. The first-order chi connectivity index (χ1) is 19.7. The van der Waals surface area contributed by atoms with Crippen LogP contribution in [0.4, 0.5) is 5.69 Å². The highest BCUT2D eigenvalue weighted by Gasteiger charge is 2.34. The number of carbonyl (C=O) groups is 2. The van der Waals surface area contributed by atoms with Crippen LogP contribution in [0.25, 0.3) is 0 Å². The molecular weight excluding hydrogens is 546 g/mol. The number of nitrogens with two attached hydrogens (primary N) is 1. The quantitative estimate of drug-likeness (QED) is 0.399. The number of hydrogen-bond acceptors (Lipinski definition) is 8. The molecule has 41 heavy (non-hydrogen) atoms. The molecular formula is C29H29N5O6S. The van der Waals surface area contributed by atoms with Gasteiger partial charge in [-0.25, -0.2) is 13.6 Å². The van der Waals surface area contributed by atoms with Gasteiger partial charge in [-0.05, 0) is 59.7 Å². The Labute approximate surface area is 237 Å². The van der Waals surface area contributed by atoms with Crippen LogP contribution >= 0.6 is 0 Å². The summed E-state index contributed by atoms with van der Waals surface area (Å²) in [5, 5.41) is 13.8. The summed E-state index contributed by atoms with van der Waals surface area (Å²) < 4.78 is 33.6. The van der Waals surface area contributed by atoms with Crippen LogP contribution in [-0.2, 0) is 27.9 Å². The van der Waals surface area contributed by atoms with Crippen LogP contribution in [0.3, 0.4) is 0 Å². The normalized spacial score (nSPS) is 14.8. The van der Waals surface area contributed by atoms with Gasteiger partial charge in [-0.3, -0.25) is 9.59 Å². The molecule has 3 N–H and O–H groups in total. The molecule has 5 rings (SSSR count). The second-order valence-electron chi connectivity index (χ2n) is 9.53. The van der Waals surface area contributed by atoms with E-state index in [9.17, 15) is 18.0 Å². The highest BCUT2D eigenvalue weighted by atomic mass is 32.2. The zero-order valence-electron chi connectivity index (χ0n) is 22.5. The molecule has 0 unspecified atom stereocenters. The van der Waals surface area contributed by atoms with Crippen molar-refractivity contribution in [3.05, 3.63) is 95.2 Å². The van der Waals surface area contributed by atoms with Crippen molar-refractivity contribution in [1.82, 2.24) is 10.2 Å². The van der Waals surface area contributed by atoms with E-state index in [1.807, 2.05) is 29.2 Å². The Bertz CT molecular complexity index is 1650. The van der Waals surface area contributed by atoms with Gasteiger partial charge in [0.25, 0.3) is 11.8 Å². The second-order valence-corrected chi connectivity index (χ2v) is 11.1. The van der Waals surface area contributed by atoms with E-state index < -0.39 is 10.0 Å². The SMILES string of the molecule is COc1ccc(CNC(=O)c2ccc(CN3C=C4C(=O)N(c5ccc(S(N)(=O)=O)cc5)N=C4CC3)cc2)cc1OC. The lowest BCUT2D eigenvalue weighted by molar-refractivity contribution is -0.114. The molecule has 0 fully saturated rings. The molecule has 0 saturated carbocycles. The maximum atomic E-state index is 13.1. The van der Waals surface area contributed by atoms with E-state index in [1.54, 1.807) is 38.6 Å². The van der Waals surface area contributed by atoms with Gasteiger partial charge in [0.2, 0.25) is 10.0 Å². The number of nitrogens with zero attached hydrogens (tertiary/aromatic N) is 3. The minimum Gasteiger partial charge on any atom is -0.493 e. The molecule has 11 nitrogen and oxygen atoms in total. The van der Waals surface area contributed by atoms with Crippen molar-refractivity contribution >= 4 is 33.2 Å². The Morgan fingerprint density at radius 2 is 1.66 bits per heavy atom. The molecule has 0 bridgehead atoms. The number of anilines is 1. The molecule has 0 aromatic heterocycles. The van der Waals surface area contributed by atoms with Gasteiger partial charge in [0.05, 0.1) is 36.1 Å². The van der Waals surface area contributed by atoms with Gasteiger partial charge < -0.3 is 19.7 Å². The molecule has 2 heterocycles. The number of nitrogens with one attached hydrogen (secondary N) is 1. The minimum absolute atomic E-state index is 0.0373. The van der Waals surface area contributed by atoms with Crippen molar-refractivity contribution in [2.75, 3.05) is 25.8 Å². The van der Waals surface area contributed by atoms with E-state index in [-0.39, 0.29) is 16.7 Å². The van der Waals surface area contributed by atoms with Crippen molar-refractivity contribution in [3.8, 4) is 11.5 Å². The maximum Gasteiger partial charge on any atom is 0.282 e. The van der Waals surface area contributed by atoms with Gasteiger partial charge in [-0.15, -0.1) is 0 Å². The zero-order valence-corrected chi connectivity index (χ0v) is 23.3. The number of amides is 2. The number of fused-ring (bicyclic) bond motifs is 1. The topological polar surface area (TPSA) is 144 Å². The van der Waals surface area contributed by atoms with E-state index in [0.717, 1.165) is 11.1 Å². The highest BCUT2D eigenvalue weighted by molar-refractivity contribution is 7.89. The molecule has 0 saturated heterocycles. The zero-order chi connectivity index (χ0) is 29.1. The molecule has 0 spiro atoms. The molecule has 0 radical (unpaired) electrons. The fourth-order valence-corrected chi connectivity index (χ4v) is 5.13. The number of methoxy groups -OCH3 is 2. The van der Waals surface area contributed by atoms with Crippen LogP contribution in [0.1, 0.15) is 27.9 Å². The Kier molecular flexibility index (Phi) is 7.77. The fraction of sp³-hybridized carbons (Fsp3) is 0.207. The Morgan fingerprint density at radius 1 is 0.976 bits per heavy atom. The number of carbonyl (C=O) groups excluding carboxylic acids is 2. The number of rotatable bonds is 9. The van der Waals surface area contributed by atoms with Crippen LogP contribution < -0.4 is 24.9 Å². The average Bonchev–Trinajstić information content (AvgIpc) is 3.31. The largest absolute Gasteiger partial charge is 0.493 e. The van der Waals surface area contributed by atoms with Gasteiger partial charge in [-0.1, -0.05) is 18.2 Å². The Balaban J connectivity index is 1.19. The van der Waals surface area contributed by atoms with Gasteiger partial charge in [0.1, 0.15) is 0 Å². The summed E-state index contributed by atoms with van der Waals surface area (Å²) in [6.07, 6.45) is 2.38. The number of hydrogen-bond donors (Lipinski definition) is 2. The molecule has 12 heteroatoms. The van der Waals surface area contributed by atoms with Crippen LogP contribution in [-0.4, -0.2) is 51.6 Å². The van der Waals surface area contributed by atoms with Gasteiger partial charge >= 0.3 is 0 Å². The smallest absolute Gasteiger partial charge is 0.282 e. The third-order valence-electron chi connectivity index (χ3n) is 6.81. The number of primary sulfonamides is 1. The molecule has 3 aromatic carbocycles. The van der Waals surface area contributed by atoms with E-state index in [4.69, 9.17) is 14.6 Å². The average molecular weight is 576 g/mol. The number of benzene rings is 3. The number of sulfonamides is 1. The standard InChI is InChI=1S/C29H29N5O6S/c1-39-26-12-5-20(15-27(26)40-2)16-31-28(35)21-6-3-19(4-7-21)17-33-14-13-25-24(18-33)29(36)34(32-25)22-8-10-23(11-9-22)41(30,37)38/h3-12,15,18H,13-14,16-17H2,1-2H3,(H,31,35)(H2,30,37,38).